The van der Waals surface area contributed by atoms with E-state index in [1.807, 2.05) is 85.6 Å². The van der Waals surface area contributed by atoms with Crippen LogP contribution in [0.2, 0.25) is 0 Å². The van der Waals surface area contributed by atoms with Crippen molar-refractivity contribution in [1.29, 1.82) is 0 Å². The van der Waals surface area contributed by atoms with Crippen molar-refractivity contribution in [3.8, 4) is 22.6 Å². The lowest BCUT2D eigenvalue weighted by Gasteiger charge is -2.24. The van der Waals surface area contributed by atoms with Crippen molar-refractivity contribution in [3.05, 3.63) is 108 Å². The maximum Gasteiger partial charge on any atom is 0.410 e. The Labute approximate surface area is 360 Å². The molecule has 0 fully saturated rings. The van der Waals surface area contributed by atoms with Gasteiger partial charge >= 0.3 is 12.1 Å². The van der Waals surface area contributed by atoms with E-state index < -0.39 is 27.5 Å². The highest BCUT2D eigenvalue weighted by molar-refractivity contribution is 9.08. The largest absolute Gasteiger partial charge is 0.493 e. The van der Waals surface area contributed by atoms with E-state index in [0.717, 1.165) is 49.8 Å². The first-order valence-electron chi connectivity index (χ1n) is 20.0. The first-order chi connectivity index (χ1) is 28.6. The Balaban J connectivity index is 1.42. The number of para-hydroxylation sites is 1. The Bertz CT molecular complexity index is 2590. The molecule has 0 aliphatic carbocycles. The molecule has 2 heterocycles. The highest BCUT2D eigenvalue weighted by atomic mass is 79.9. The molecular weight excluding hydrogens is 848 g/mol. The molecule has 0 saturated heterocycles. The summed E-state index contributed by atoms with van der Waals surface area (Å²) in [5, 5.41) is 8.41. The minimum absolute atomic E-state index is 0.0925. The lowest BCUT2D eigenvalue weighted by molar-refractivity contribution is 0.0294. The average Bonchev–Trinajstić information content (AvgIpc) is 3.70. The summed E-state index contributed by atoms with van der Waals surface area (Å²) < 4.78 is 51.9. The Morgan fingerprint density at radius 2 is 1.60 bits per heavy atom. The van der Waals surface area contributed by atoms with Gasteiger partial charge in [-0.2, -0.15) is 5.10 Å². The van der Waals surface area contributed by atoms with Crippen LogP contribution in [0, 0.1) is 0 Å². The number of hydrogen-bond acceptors (Lipinski definition) is 9. The Kier molecular flexibility index (Phi) is 14.0. The quantitative estimate of drug-likeness (QED) is 0.0499. The number of nitrogens with zero attached hydrogens (tertiary/aromatic N) is 4. The van der Waals surface area contributed by atoms with E-state index in [0.29, 0.717) is 61.4 Å². The molecule has 0 bridgehead atoms. The van der Waals surface area contributed by atoms with E-state index in [4.69, 9.17) is 24.0 Å². The number of halogens is 1. The Morgan fingerprint density at radius 3 is 2.30 bits per heavy atom. The molecule has 0 saturated carbocycles. The standard InChI is InChI=1S/C46H53BrN4O8S/c1-8-56-44(52)43-36(20-13-28-57-40-21-11-16-31-15-9-10-17-34(31)40)35-18-12-19-37(42(35)51(43)27-14-26-49(5)45(53)59-46(2,3)4)41-38(48-50(6)39(41)29-47)30-58-32-22-24-33(25-23-32)60(7,54)55/h9-12,15-19,21-25H,8,13-14,20,26-30H2,1-7H3. The molecule has 4 aromatic carbocycles. The van der Waals surface area contributed by atoms with Gasteiger partial charge in [-0.05, 0) is 88.2 Å². The minimum Gasteiger partial charge on any atom is -0.493 e. The molecule has 1 amide bonds. The van der Waals surface area contributed by atoms with Gasteiger partial charge in [-0.25, -0.2) is 18.0 Å². The van der Waals surface area contributed by atoms with Gasteiger partial charge in [-0.3, -0.25) is 4.68 Å². The summed E-state index contributed by atoms with van der Waals surface area (Å²) in [5.74, 6) is 0.864. The summed E-state index contributed by atoms with van der Waals surface area (Å²) in [4.78, 5) is 28.9. The first kappa shape index (κ1) is 44.2. The molecule has 2 aromatic heterocycles. The molecule has 12 nitrogen and oxygen atoms in total. The van der Waals surface area contributed by atoms with E-state index in [9.17, 15) is 18.0 Å². The molecule has 318 valence electrons. The number of sulfone groups is 1. The summed E-state index contributed by atoms with van der Waals surface area (Å²) in [6.07, 6.45) is 2.41. The topological polar surface area (TPSA) is 131 Å². The van der Waals surface area contributed by atoms with Crippen molar-refractivity contribution >= 4 is 59.5 Å². The lowest BCUT2D eigenvalue weighted by atomic mass is 9.98. The number of amides is 1. The van der Waals surface area contributed by atoms with Crippen LogP contribution in [0.4, 0.5) is 4.79 Å². The maximum atomic E-state index is 14.2. The van der Waals surface area contributed by atoms with Crippen molar-refractivity contribution in [1.82, 2.24) is 19.2 Å². The van der Waals surface area contributed by atoms with Gasteiger partial charge in [0.05, 0.1) is 29.3 Å². The normalized spacial score (nSPS) is 11.9. The molecule has 0 aliphatic rings. The van der Waals surface area contributed by atoms with E-state index in [1.165, 1.54) is 18.4 Å². The zero-order chi connectivity index (χ0) is 43.2. The molecule has 60 heavy (non-hydrogen) atoms. The number of carbonyl (C=O) groups excluding carboxylic acids is 2. The smallest absolute Gasteiger partial charge is 0.410 e. The molecule has 0 aliphatic heterocycles. The molecule has 0 spiro atoms. The monoisotopic (exact) mass is 900 g/mol. The van der Waals surface area contributed by atoms with Gasteiger partial charge in [0, 0.05) is 60.7 Å². The van der Waals surface area contributed by atoms with Crippen LogP contribution in [-0.4, -0.2) is 78.4 Å². The Hall–Kier alpha value is -5.34. The molecule has 0 unspecified atom stereocenters. The average molecular weight is 902 g/mol. The van der Waals surface area contributed by atoms with Crippen LogP contribution in [0.3, 0.4) is 0 Å². The summed E-state index contributed by atoms with van der Waals surface area (Å²) >= 11 is 3.70. The summed E-state index contributed by atoms with van der Waals surface area (Å²) in [6.45, 7) is 8.78. The minimum atomic E-state index is -3.37. The number of carbonyl (C=O) groups is 2. The highest BCUT2D eigenvalue weighted by Crippen LogP contribution is 2.40. The third-order valence-corrected chi connectivity index (χ3v) is 11.7. The van der Waals surface area contributed by atoms with Crippen molar-refractivity contribution in [2.75, 3.05) is 33.1 Å². The fraction of sp³-hybridized carbons (Fsp3) is 0.370. The second kappa shape index (κ2) is 18.9. The number of rotatable bonds is 17. The maximum absolute atomic E-state index is 14.2. The Morgan fingerprint density at radius 1 is 0.900 bits per heavy atom. The van der Waals surface area contributed by atoms with Gasteiger partial charge in [-0.1, -0.05) is 70.5 Å². The zero-order valence-corrected chi connectivity index (χ0v) is 37.7. The predicted octanol–water partition coefficient (Wildman–Crippen LogP) is 9.52. The van der Waals surface area contributed by atoms with Crippen LogP contribution in [0.15, 0.2) is 89.8 Å². The third-order valence-electron chi connectivity index (χ3n) is 10.1. The van der Waals surface area contributed by atoms with Crippen LogP contribution < -0.4 is 9.47 Å². The van der Waals surface area contributed by atoms with Gasteiger partial charge in [0.2, 0.25) is 0 Å². The number of benzene rings is 4. The number of ether oxygens (including phenoxy) is 4. The van der Waals surface area contributed by atoms with E-state index in [-0.39, 0.29) is 18.1 Å². The van der Waals surface area contributed by atoms with Crippen LogP contribution in [0.1, 0.15) is 68.0 Å². The number of fused-ring (bicyclic) bond motifs is 2. The van der Waals surface area contributed by atoms with Crippen molar-refractivity contribution < 1.29 is 37.0 Å². The van der Waals surface area contributed by atoms with Gasteiger partial charge in [0.1, 0.15) is 35.1 Å². The summed E-state index contributed by atoms with van der Waals surface area (Å²) in [7, 11) is 0.217. The van der Waals surface area contributed by atoms with Crippen LogP contribution >= 0.6 is 15.9 Å². The van der Waals surface area contributed by atoms with Crippen molar-refractivity contribution in [2.45, 2.75) is 75.9 Å². The van der Waals surface area contributed by atoms with E-state index >= 15 is 0 Å². The van der Waals surface area contributed by atoms with Gasteiger partial charge < -0.3 is 28.4 Å². The molecule has 0 atom stereocenters. The molecule has 14 heteroatoms. The van der Waals surface area contributed by atoms with Gasteiger partial charge in [0.25, 0.3) is 0 Å². The lowest BCUT2D eigenvalue weighted by Crippen LogP contribution is -2.35. The molecular formula is C46H53BrN4O8S. The number of alkyl halides is 1. The number of esters is 1. The zero-order valence-electron chi connectivity index (χ0n) is 35.3. The molecule has 0 radical (unpaired) electrons. The predicted molar refractivity (Wildman–Crippen MR) is 238 cm³/mol. The summed E-state index contributed by atoms with van der Waals surface area (Å²) in [6, 6.07) is 26.5. The number of aryl methyl sites for hydroxylation is 3. The van der Waals surface area contributed by atoms with Gasteiger partial charge in [0.15, 0.2) is 9.84 Å². The van der Waals surface area contributed by atoms with Crippen LogP contribution in [0.25, 0.3) is 32.8 Å². The number of hydrogen-bond donors (Lipinski definition) is 0. The number of aromatic nitrogens is 3. The van der Waals surface area contributed by atoms with Crippen molar-refractivity contribution in [3.63, 3.8) is 0 Å². The summed E-state index contributed by atoms with van der Waals surface area (Å²) in [5.41, 5.74) is 4.75. The van der Waals surface area contributed by atoms with Crippen molar-refractivity contribution in [2.24, 2.45) is 7.05 Å². The molecule has 0 N–H and O–H groups in total. The molecule has 6 rings (SSSR count). The second-order valence-corrected chi connectivity index (χ2v) is 18.2. The SMILES string of the molecule is CCOC(=O)c1c(CCCOc2cccc3ccccc23)c2cccc(-c3c(COc4ccc(S(C)(=O)=O)cc4)nn(C)c3CBr)c2n1CCCN(C)C(=O)OC(C)(C)C. The first-order valence-corrected chi connectivity index (χ1v) is 23.0. The fourth-order valence-electron chi connectivity index (χ4n) is 7.36. The van der Waals surface area contributed by atoms with E-state index in [2.05, 4.69) is 28.1 Å². The fourth-order valence-corrected chi connectivity index (χ4v) is 8.63. The van der Waals surface area contributed by atoms with Gasteiger partial charge in [-0.15, -0.1) is 0 Å². The molecule has 6 aromatic rings. The third kappa shape index (κ3) is 10.2. The van der Waals surface area contributed by atoms with Crippen LogP contribution in [0.5, 0.6) is 11.5 Å². The van der Waals surface area contributed by atoms with E-state index in [1.54, 1.807) is 31.0 Å². The van der Waals surface area contributed by atoms with Crippen LogP contribution in [-0.2, 0) is 51.3 Å². The second-order valence-electron chi connectivity index (χ2n) is 15.6. The highest BCUT2D eigenvalue weighted by Gasteiger charge is 2.29.